The van der Waals surface area contributed by atoms with Crippen LogP contribution in [0.15, 0.2) is 267 Å². The molecule has 6 nitrogen and oxygen atoms in total. The van der Waals surface area contributed by atoms with E-state index in [9.17, 15) is 5.48 Å². The number of imidazole rings is 1. The van der Waals surface area contributed by atoms with Crippen LogP contribution in [0.4, 0.5) is 0 Å². The summed E-state index contributed by atoms with van der Waals surface area (Å²) < 4.78 is 107. The Morgan fingerprint density at radius 1 is 0.434 bits per heavy atom. The molecule has 0 aliphatic rings. The molecule has 4 heterocycles. The zero-order chi connectivity index (χ0) is 64.5. The van der Waals surface area contributed by atoms with Crippen LogP contribution < -0.4 is 4.74 Å². The van der Waals surface area contributed by atoms with Crippen molar-refractivity contribution in [3.63, 3.8) is 0 Å². The molecule has 0 aliphatic carbocycles. The van der Waals surface area contributed by atoms with Crippen LogP contribution in [0.5, 0.6) is 11.5 Å². The molecule has 0 atom stereocenters. The fourth-order valence-electron chi connectivity index (χ4n) is 11.7. The topological polar surface area (TPSA) is 41.3 Å². The fraction of sp³-hybridized carbons (Fsp3) is 0.0526. The molecule has 0 radical (unpaired) electrons. The van der Waals surface area contributed by atoms with E-state index < -0.39 is 60.4 Å². The summed E-state index contributed by atoms with van der Waals surface area (Å²) in [7, 11) is 0. The standard InChI is InChI=1S/C76H53N5O.Pt/c1-76(2,3)55-45-46-77-72(47-55)80-66-38-18-16-31-62(66)64-43-41-56(48-70(64)80)82-57-42-44-68-71(49-57)79-50-78(73-58(51-23-8-4-9-24-51)33-20-34-59(73)52-25-10-5-11-26-52)69-40-22-37-65(75(69)79)63-32-17-19-39-67(63)81(68)74-60(53-27-12-6-13-28-53)35-21-36-61(74)54-29-14-7-15-30-54;/h4-47H,1-3H3;/q-2;/i4D,5D,8D,9D,10D,11D,23D,24D,25D,26D;. The molecule has 0 saturated carbocycles. The Morgan fingerprint density at radius 3 is 1.54 bits per heavy atom. The van der Waals surface area contributed by atoms with Crippen LogP contribution in [0.3, 0.4) is 0 Å². The molecule has 0 fully saturated rings. The van der Waals surface area contributed by atoms with Crippen molar-refractivity contribution < 1.29 is 37.8 Å². The Morgan fingerprint density at radius 2 is 0.928 bits per heavy atom. The van der Waals surface area contributed by atoms with Gasteiger partial charge in [-0.1, -0.05) is 32.9 Å². The van der Waals surface area contributed by atoms with Crippen molar-refractivity contribution in [2.24, 2.45) is 0 Å². The molecule has 0 N–H and O–H groups in total. The third-order valence-electron chi connectivity index (χ3n) is 15.4. The number of nitrogens with zero attached hydrogens (tertiary/aromatic N) is 5. The van der Waals surface area contributed by atoms with Gasteiger partial charge in [-0.05, 0) is 17.0 Å². The zero-order valence-corrected chi connectivity index (χ0v) is 47.4. The summed E-state index contributed by atoms with van der Waals surface area (Å²) in [4.78, 5) is 4.93. The second-order valence-corrected chi connectivity index (χ2v) is 22.3. The van der Waals surface area contributed by atoms with Crippen molar-refractivity contribution in [1.82, 2.24) is 23.1 Å². The van der Waals surface area contributed by atoms with Crippen LogP contribution in [-0.4, -0.2) is 23.1 Å². The Kier molecular flexibility index (Phi) is 9.86. The molecule has 11 aromatic carbocycles. The summed E-state index contributed by atoms with van der Waals surface area (Å²) in [5.74, 6) is 1.47. The monoisotopic (exact) mass is 1260 g/mol. The van der Waals surface area contributed by atoms with Crippen LogP contribution in [0.2, 0.25) is 0 Å². The van der Waals surface area contributed by atoms with E-state index in [1.54, 1.807) is 18.2 Å². The van der Waals surface area contributed by atoms with Crippen LogP contribution in [-0.2, 0) is 24.8 Å². The fourth-order valence-corrected chi connectivity index (χ4v) is 12.8. The molecule has 0 amide bonds. The van der Waals surface area contributed by atoms with E-state index >= 15 is 0 Å². The van der Waals surface area contributed by atoms with Gasteiger partial charge in [0.05, 0.1) is 0 Å². The van der Waals surface area contributed by atoms with Crippen LogP contribution in [0, 0.1) is 15.9 Å². The van der Waals surface area contributed by atoms with E-state index in [2.05, 4.69) is 145 Å². The van der Waals surface area contributed by atoms with Crippen LogP contribution >= 0.6 is 0 Å². The first-order valence-electron chi connectivity index (χ1n) is 32.2. The van der Waals surface area contributed by atoms with E-state index in [-0.39, 0.29) is 33.4 Å². The van der Waals surface area contributed by atoms with Gasteiger partial charge in [-0.3, -0.25) is 0 Å². The quantitative estimate of drug-likeness (QED) is 0.135. The second kappa shape index (κ2) is 20.3. The molecule has 0 saturated heterocycles. The third-order valence-corrected chi connectivity index (χ3v) is 16.5. The van der Waals surface area contributed by atoms with Gasteiger partial charge in [0.1, 0.15) is 0 Å². The predicted molar refractivity (Wildman–Crippen MR) is 337 cm³/mol. The predicted octanol–water partition coefficient (Wildman–Crippen LogP) is 19.5. The molecule has 4 aromatic heterocycles. The Bertz CT molecular complexity index is 5550. The number of pyridine rings is 1. The summed E-state index contributed by atoms with van der Waals surface area (Å²) in [6, 6.07) is 68.4. The van der Waals surface area contributed by atoms with Crippen molar-refractivity contribution >= 4 is 60.2 Å². The van der Waals surface area contributed by atoms with Gasteiger partial charge in [0.25, 0.3) is 0 Å². The Balaban J connectivity index is 1.11. The molecule has 15 rings (SSSR count). The first-order valence-corrected chi connectivity index (χ1v) is 28.3. The maximum absolute atomic E-state index is 9.48. The van der Waals surface area contributed by atoms with Crippen LogP contribution in [0.1, 0.15) is 40.0 Å². The molecule has 83 heavy (non-hydrogen) atoms. The normalized spacial score (nSPS) is 13.6. The van der Waals surface area contributed by atoms with Gasteiger partial charge in [-0.15, -0.1) is 0 Å². The Hall–Kier alpha value is -9.87. The van der Waals surface area contributed by atoms with Gasteiger partial charge >= 0.3 is 453 Å². The number of hydrogen-bond acceptors (Lipinski definition) is 2. The summed E-state index contributed by atoms with van der Waals surface area (Å²) in [6.45, 7) is 6.54. The van der Waals surface area contributed by atoms with Gasteiger partial charge in [0, 0.05) is 6.20 Å². The first kappa shape index (κ1) is 40.3. The van der Waals surface area contributed by atoms with E-state index in [1.165, 1.54) is 0 Å². The number of para-hydroxylation sites is 5. The van der Waals surface area contributed by atoms with E-state index in [4.69, 9.17) is 17.9 Å². The average Bonchev–Trinajstić information content (AvgIpc) is 1.66. The molecule has 0 bridgehead atoms. The van der Waals surface area contributed by atoms with Crippen molar-refractivity contribution in [2.45, 2.75) is 26.2 Å². The van der Waals surface area contributed by atoms with E-state index in [0.29, 0.717) is 37.4 Å². The van der Waals surface area contributed by atoms with E-state index in [0.717, 1.165) is 77.4 Å². The summed E-state index contributed by atoms with van der Waals surface area (Å²) in [5, 5.41) is 3.59. The van der Waals surface area contributed by atoms with Gasteiger partial charge in [-0.2, -0.15) is 0 Å². The molecular formula is C76H53N5OPt-2. The number of aromatic nitrogens is 5. The Labute approximate surface area is 506 Å². The first-order chi connectivity index (χ1) is 44.9. The third kappa shape index (κ3) is 8.51. The number of benzene rings is 11. The van der Waals surface area contributed by atoms with Crippen LogP contribution in [0.25, 0.3) is 122 Å². The molecular weight excluding hydrogens is 1190 g/mol. The molecule has 15 aromatic rings. The number of hydrogen-bond donors (Lipinski definition) is 0. The van der Waals surface area contributed by atoms with Crippen molar-refractivity contribution in [2.75, 3.05) is 0 Å². The SMILES string of the molecule is [2H]c1c([2H])c([2H])c(-c2cccc(-c3c([2H])c([2H])c([2H])c([2H])c3[2H])c2-n2[c](=[Pt])n3c4[c-]c(Oc5[c-]c6c(cc5)c5ccccc5n6-c5cc(C(C)(C)C)ccn5)ccc4n(-c4c(-c5ccccc5)cccc4-c4ccccc4)c4ccccc4c4cccc2c43)c([2H])c1[2H]. The van der Waals surface area contributed by atoms with Gasteiger partial charge < -0.3 is 0 Å². The minimum absolute atomic E-state index is 0.148. The summed E-state index contributed by atoms with van der Waals surface area (Å²) in [6.07, 6.45) is 1.85. The van der Waals surface area contributed by atoms with E-state index in [1.807, 2.05) is 114 Å². The summed E-state index contributed by atoms with van der Waals surface area (Å²) in [5.41, 5.74) is 10.8. The van der Waals surface area contributed by atoms with Gasteiger partial charge in [0.2, 0.25) is 0 Å². The molecule has 0 spiro atoms. The maximum atomic E-state index is 9.48. The number of ether oxygens (including phenoxy) is 1. The van der Waals surface area contributed by atoms with Gasteiger partial charge in [-0.25, -0.2) is 0 Å². The van der Waals surface area contributed by atoms with Crippen molar-refractivity contribution in [3.05, 3.63) is 288 Å². The molecule has 0 aliphatic heterocycles. The zero-order valence-electron chi connectivity index (χ0n) is 55.1. The molecule has 0 unspecified atom stereocenters. The van der Waals surface area contributed by atoms with Crippen molar-refractivity contribution in [1.29, 1.82) is 0 Å². The molecule has 400 valence electrons. The minimum atomic E-state index is -0.584. The van der Waals surface area contributed by atoms with Gasteiger partial charge in [0.15, 0.2) is 0 Å². The average molecular weight is 1260 g/mol. The second-order valence-electron chi connectivity index (χ2n) is 21.3. The molecule has 7 heteroatoms. The summed E-state index contributed by atoms with van der Waals surface area (Å²) >= 11 is 2.25. The number of fused-ring (bicyclic) bond motifs is 7. The van der Waals surface area contributed by atoms with Crippen molar-refractivity contribution in [3.8, 4) is 73.2 Å². The number of rotatable bonds is 9.